The molecule has 2 aromatic heterocycles. The maximum absolute atomic E-state index is 12.8. The number of fused-ring (bicyclic) bond motifs is 2. The van der Waals surface area contributed by atoms with E-state index in [2.05, 4.69) is 10.3 Å². The molecule has 0 unspecified atom stereocenters. The van der Waals surface area contributed by atoms with Crippen LogP contribution < -0.4 is 11.1 Å². The first-order valence-corrected chi connectivity index (χ1v) is 12.9. The molecule has 4 aromatic rings. The van der Waals surface area contributed by atoms with Crippen LogP contribution in [-0.2, 0) is 21.4 Å². The number of aryl methyl sites for hydroxylation is 2. The highest BCUT2D eigenvalue weighted by Crippen LogP contribution is 2.26. The minimum atomic E-state index is -3.61. The van der Waals surface area contributed by atoms with Gasteiger partial charge in [0.1, 0.15) is 0 Å². The van der Waals surface area contributed by atoms with Gasteiger partial charge in [0.05, 0.1) is 25.6 Å². The van der Waals surface area contributed by atoms with E-state index in [0.717, 1.165) is 28.1 Å². The van der Waals surface area contributed by atoms with Gasteiger partial charge in [-0.1, -0.05) is 0 Å². The number of thiazole rings is 1. The van der Waals surface area contributed by atoms with Crippen LogP contribution >= 0.6 is 11.3 Å². The molecule has 0 atom stereocenters. The van der Waals surface area contributed by atoms with Gasteiger partial charge in [-0.2, -0.15) is 4.31 Å². The van der Waals surface area contributed by atoms with Crippen molar-refractivity contribution in [3.63, 3.8) is 0 Å². The number of amides is 1. The number of carbonyl (C=O) groups excluding carboxylic acids is 1. The molecule has 1 saturated heterocycles. The fourth-order valence-electron chi connectivity index (χ4n) is 4.05. The number of rotatable bonds is 6. The molecule has 5 rings (SSSR count). The van der Waals surface area contributed by atoms with Gasteiger partial charge in [-0.15, -0.1) is 11.3 Å². The van der Waals surface area contributed by atoms with Crippen LogP contribution in [0.25, 0.3) is 21.3 Å². The van der Waals surface area contributed by atoms with E-state index < -0.39 is 15.8 Å². The average molecular weight is 487 g/mol. The summed E-state index contributed by atoms with van der Waals surface area (Å²) in [4.78, 5) is 29.4. The topological polar surface area (TPSA) is 115 Å². The fraction of sp³-hybridized carbons (Fsp3) is 0.318. The Morgan fingerprint density at radius 2 is 1.97 bits per heavy atom. The van der Waals surface area contributed by atoms with Gasteiger partial charge in [-0.25, -0.2) is 18.2 Å². The van der Waals surface area contributed by atoms with Crippen molar-refractivity contribution in [3.8, 4) is 0 Å². The summed E-state index contributed by atoms with van der Waals surface area (Å²) in [6.07, 6.45) is 1.74. The first-order chi connectivity index (χ1) is 15.8. The van der Waals surface area contributed by atoms with Crippen LogP contribution in [0.3, 0.4) is 0 Å². The van der Waals surface area contributed by atoms with Crippen LogP contribution in [0.15, 0.2) is 50.5 Å². The highest BCUT2D eigenvalue weighted by Gasteiger charge is 2.28. The summed E-state index contributed by atoms with van der Waals surface area (Å²) >= 11 is 1.55. The van der Waals surface area contributed by atoms with Gasteiger partial charge >= 0.3 is 5.76 Å². The van der Waals surface area contributed by atoms with E-state index in [0.29, 0.717) is 24.3 Å². The zero-order chi connectivity index (χ0) is 23.2. The average Bonchev–Trinajstić information content (AvgIpc) is 3.49. The lowest BCUT2D eigenvalue weighted by molar-refractivity contribution is -0.116. The van der Waals surface area contributed by atoms with E-state index >= 15 is 0 Å². The molecule has 1 aliphatic rings. The van der Waals surface area contributed by atoms with Crippen molar-refractivity contribution in [3.05, 3.63) is 52.0 Å². The summed E-state index contributed by atoms with van der Waals surface area (Å²) in [5, 5.41) is 3.80. The number of benzene rings is 2. The predicted molar refractivity (Wildman–Crippen MR) is 126 cm³/mol. The SMILES string of the molecule is Cc1nc2ccc(NC(=O)CCn3c(=O)oc4cc(S(=O)(=O)N5CCCC5)ccc43)cc2s1. The molecule has 33 heavy (non-hydrogen) atoms. The van der Waals surface area contributed by atoms with Crippen molar-refractivity contribution in [1.29, 1.82) is 0 Å². The molecule has 0 aliphatic carbocycles. The Bertz CT molecular complexity index is 1530. The molecule has 0 bridgehead atoms. The number of nitrogens with zero attached hydrogens (tertiary/aromatic N) is 3. The second kappa shape index (κ2) is 8.40. The quantitative estimate of drug-likeness (QED) is 0.447. The molecule has 172 valence electrons. The van der Waals surface area contributed by atoms with E-state index in [4.69, 9.17) is 4.42 Å². The number of aromatic nitrogens is 2. The summed E-state index contributed by atoms with van der Waals surface area (Å²) in [5.41, 5.74) is 2.19. The van der Waals surface area contributed by atoms with Crippen LogP contribution in [0.4, 0.5) is 5.69 Å². The molecule has 1 fully saturated rings. The van der Waals surface area contributed by atoms with Gasteiger partial charge in [0.25, 0.3) is 0 Å². The molecule has 9 nitrogen and oxygen atoms in total. The van der Waals surface area contributed by atoms with E-state index in [1.165, 1.54) is 21.0 Å². The third kappa shape index (κ3) is 4.19. The number of sulfonamides is 1. The predicted octanol–water partition coefficient (Wildman–Crippen LogP) is 3.33. The van der Waals surface area contributed by atoms with Crippen molar-refractivity contribution in [2.45, 2.75) is 37.6 Å². The maximum Gasteiger partial charge on any atom is 0.419 e. The van der Waals surface area contributed by atoms with Gasteiger partial charge in [0.15, 0.2) is 5.58 Å². The molecule has 0 spiro atoms. The monoisotopic (exact) mass is 486 g/mol. The number of nitrogens with one attached hydrogen (secondary N) is 1. The summed E-state index contributed by atoms with van der Waals surface area (Å²) in [7, 11) is -3.61. The zero-order valence-electron chi connectivity index (χ0n) is 17.9. The molecule has 11 heteroatoms. The Hall–Kier alpha value is -3.02. The number of carbonyl (C=O) groups is 1. The van der Waals surface area contributed by atoms with Gasteiger partial charge in [-0.05, 0) is 50.1 Å². The molecule has 0 saturated carbocycles. The van der Waals surface area contributed by atoms with Crippen molar-refractivity contribution < 1.29 is 17.6 Å². The normalized spacial score (nSPS) is 14.9. The smallest absolute Gasteiger partial charge is 0.408 e. The first kappa shape index (κ1) is 21.8. The molecule has 3 heterocycles. The first-order valence-electron chi connectivity index (χ1n) is 10.6. The molecule has 1 N–H and O–H groups in total. The summed E-state index contributed by atoms with van der Waals surface area (Å²) < 4.78 is 34.6. The van der Waals surface area contributed by atoms with Crippen molar-refractivity contribution in [2.24, 2.45) is 0 Å². The van der Waals surface area contributed by atoms with Crippen LogP contribution in [0.5, 0.6) is 0 Å². The number of hydrogen-bond donors (Lipinski definition) is 1. The zero-order valence-corrected chi connectivity index (χ0v) is 19.5. The lowest BCUT2D eigenvalue weighted by Crippen LogP contribution is -2.27. The standard InChI is InChI=1S/C22H22N4O5S2/c1-14-23-17-6-4-15(12-20(17)32-14)24-21(27)8-11-26-18-7-5-16(13-19(18)31-22(26)28)33(29,30)25-9-2-3-10-25/h4-7,12-13H,2-3,8-11H2,1H3,(H,24,27). The van der Waals surface area contributed by atoms with Gasteiger partial charge < -0.3 is 9.73 Å². The Morgan fingerprint density at radius 1 is 1.18 bits per heavy atom. The number of oxazole rings is 1. The van der Waals surface area contributed by atoms with Crippen LogP contribution in [0.2, 0.25) is 0 Å². The van der Waals surface area contributed by atoms with Crippen molar-refractivity contribution in [1.82, 2.24) is 13.9 Å². The highest BCUT2D eigenvalue weighted by atomic mass is 32.2. The number of anilines is 1. The molecule has 0 radical (unpaired) electrons. The van der Waals surface area contributed by atoms with E-state index in [1.807, 2.05) is 19.1 Å². The Kier molecular flexibility index (Phi) is 5.55. The van der Waals surface area contributed by atoms with E-state index in [1.54, 1.807) is 23.5 Å². The summed E-state index contributed by atoms with van der Waals surface area (Å²) in [5.74, 6) is -0.875. The van der Waals surface area contributed by atoms with Gasteiger partial charge in [0, 0.05) is 37.8 Å². The van der Waals surface area contributed by atoms with Gasteiger partial charge in [0.2, 0.25) is 15.9 Å². The van der Waals surface area contributed by atoms with Crippen LogP contribution in [-0.4, -0.2) is 41.3 Å². The fourth-order valence-corrected chi connectivity index (χ4v) is 6.45. The highest BCUT2D eigenvalue weighted by molar-refractivity contribution is 7.89. The molecule has 1 amide bonds. The molecular weight excluding hydrogens is 464 g/mol. The Balaban J connectivity index is 1.31. The van der Waals surface area contributed by atoms with Crippen molar-refractivity contribution in [2.75, 3.05) is 18.4 Å². The minimum absolute atomic E-state index is 0.0577. The number of hydrogen-bond acceptors (Lipinski definition) is 7. The molecular formula is C22H22N4O5S2. The summed E-state index contributed by atoms with van der Waals surface area (Å²) in [6, 6.07) is 9.94. The molecule has 1 aliphatic heterocycles. The third-order valence-corrected chi connectivity index (χ3v) is 8.51. The second-order valence-electron chi connectivity index (χ2n) is 7.97. The minimum Gasteiger partial charge on any atom is -0.408 e. The lowest BCUT2D eigenvalue weighted by atomic mass is 10.2. The Labute approximate surface area is 193 Å². The molecule has 2 aromatic carbocycles. The lowest BCUT2D eigenvalue weighted by Gasteiger charge is -2.15. The maximum atomic E-state index is 12.8. The van der Waals surface area contributed by atoms with E-state index in [-0.39, 0.29) is 29.4 Å². The largest absolute Gasteiger partial charge is 0.419 e. The van der Waals surface area contributed by atoms with Crippen LogP contribution in [0, 0.1) is 6.92 Å². The van der Waals surface area contributed by atoms with Crippen molar-refractivity contribution >= 4 is 54.3 Å². The van der Waals surface area contributed by atoms with E-state index in [9.17, 15) is 18.0 Å². The Morgan fingerprint density at radius 3 is 2.76 bits per heavy atom. The second-order valence-corrected chi connectivity index (χ2v) is 11.1. The summed E-state index contributed by atoms with van der Waals surface area (Å²) in [6.45, 7) is 3.03. The van der Waals surface area contributed by atoms with Gasteiger partial charge in [-0.3, -0.25) is 9.36 Å². The van der Waals surface area contributed by atoms with Crippen LogP contribution in [0.1, 0.15) is 24.3 Å². The third-order valence-electron chi connectivity index (χ3n) is 5.68.